The molecule has 2 rings (SSSR count). The van der Waals surface area contributed by atoms with Crippen LogP contribution in [0.25, 0.3) is 0 Å². The fourth-order valence-electron chi connectivity index (χ4n) is 2.50. The van der Waals surface area contributed by atoms with Crippen molar-refractivity contribution in [2.75, 3.05) is 25.1 Å². The molecular formula is C14H20N2O4. The summed E-state index contributed by atoms with van der Waals surface area (Å²) in [4.78, 5) is 12.5. The van der Waals surface area contributed by atoms with E-state index in [1.807, 2.05) is 11.9 Å². The number of nitrogens with zero attached hydrogens (tertiary/aromatic N) is 2. The second kappa shape index (κ2) is 6.09. The molecule has 0 spiro atoms. The highest BCUT2D eigenvalue weighted by atomic mass is 16.6. The number of rotatable bonds is 6. The molecule has 1 N–H and O–H groups in total. The predicted octanol–water partition coefficient (Wildman–Crippen LogP) is 2.20. The molecule has 0 heterocycles. The van der Waals surface area contributed by atoms with Gasteiger partial charge in [-0.05, 0) is 31.7 Å². The summed E-state index contributed by atoms with van der Waals surface area (Å²) in [6.45, 7) is 3.03. The summed E-state index contributed by atoms with van der Waals surface area (Å²) < 4.78 is 5.34. The lowest BCUT2D eigenvalue weighted by Crippen LogP contribution is -2.37. The van der Waals surface area contributed by atoms with E-state index in [2.05, 4.69) is 0 Å². The SMILES string of the molecule is CCOc1cc(N(C)CC2CC(O)C2)ccc1[N+](=O)[O-]. The Morgan fingerprint density at radius 2 is 2.20 bits per heavy atom. The van der Waals surface area contributed by atoms with Crippen molar-refractivity contribution in [1.82, 2.24) is 0 Å². The van der Waals surface area contributed by atoms with Gasteiger partial charge in [0.05, 0.1) is 17.6 Å². The quantitative estimate of drug-likeness (QED) is 0.638. The van der Waals surface area contributed by atoms with E-state index >= 15 is 0 Å². The Labute approximate surface area is 118 Å². The van der Waals surface area contributed by atoms with Gasteiger partial charge in [-0.3, -0.25) is 10.1 Å². The van der Waals surface area contributed by atoms with Gasteiger partial charge < -0.3 is 14.7 Å². The number of aliphatic hydroxyl groups excluding tert-OH is 1. The highest BCUT2D eigenvalue weighted by Crippen LogP contribution is 2.33. The lowest BCUT2D eigenvalue weighted by Gasteiger charge is -2.35. The Morgan fingerprint density at radius 3 is 2.75 bits per heavy atom. The predicted molar refractivity (Wildman–Crippen MR) is 76.3 cm³/mol. The first kappa shape index (κ1) is 14.6. The third kappa shape index (κ3) is 3.19. The van der Waals surface area contributed by atoms with Crippen molar-refractivity contribution in [2.45, 2.75) is 25.9 Å². The average Bonchev–Trinajstić information content (AvgIpc) is 2.36. The molecule has 1 aliphatic rings. The first-order valence-corrected chi connectivity index (χ1v) is 6.81. The van der Waals surface area contributed by atoms with Gasteiger partial charge in [-0.2, -0.15) is 0 Å². The molecule has 6 heteroatoms. The highest BCUT2D eigenvalue weighted by Gasteiger charge is 2.28. The molecule has 0 aliphatic heterocycles. The number of nitro groups is 1. The Kier molecular flexibility index (Phi) is 4.44. The van der Waals surface area contributed by atoms with Gasteiger partial charge in [0, 0.05) is 31.4 Å². The van der Waals surface area contributed by atoms with E-state index in [9.17, 15) is 15.2 Å². The van der Waals surface area contributed by atoms with E-state index in [1.54, 1.807) is 19.1 Å². The second-order valence-electron chi connectivity index (χ2n) is 5.21. The zero-order valence-electron chi connectivity index (χ0n) is 11.8. The molecule has 1 aromatic carbocycles. The standard InChI is InChI=1S/C14H20N2O4/c1-3-20-14-8-11(4-5-13(14)16(18)19)15(2)9-10-6-12(17)7-10/h4-5,8,10,12,17H,3,6-7,9H2,1-2H3. The Hall–Kier alpha value is -1.82. The van der Waals surface area contributed by atoms with E-state index in [0.717, 1.165) is 25.1 Å². The fraction of sp³-hybridized carbons (Fsp3) is 0.571. The van der Waals surface area contributed by atoms with E-state index in [0.29, 0.717) is 18.3 Å². The van der Waals surface area contributed by atoms with E-state index in [1.165, 1.54) is 6.07 Å². The van der Waals surface area contributed by atoms with Gasteiger partial charge in [-0.25, -0.2) is 0 Å². The third-order valence-corrected chi connectivity index (χ3v) is 3.62. The van der Waals surface area contributed by atoms with Gasteiger partial charge in [0.2, 0.25) is 0 Å². The molecule has 0 amide bonds. The van der Waals surface area contributed by atoms with E-state index in [4.69, 9.17) is 4.74 Å². The molecule has 0 radical (unpaired) electrons. The number of hydrogen-bond donors (Lipinski definition) is 1. The number of anilines is 1. The van der Waals surface area contributed by atoms with Crippen LogP contribution in [0.1, 0.15) is 19.8 Å². The summed E-state index contributed by atoms with van der Waals surface area (Å²) in [5.41, 5.74) is 0.878. The van der Waals surface area contributed by atoms with Gasteiger partial charge in [-0.1, -0.05) is 0 Å². The minimum atomic E-state index is -0.433. The Morgan fingerprint density at radius 1 is 1.50 bits per heavy atom. The minimum absolute atomic E-state index is 0.0110. The van der Waals surface area contributed by atoms with Crippen LogP contribution in [0, 0.1) is 16.0 Å². The van der Waals surface area contributed by atoms with Crippen molar-refractivity contribution < 1.29 is 14.8 Å². The van der Waals surface area contributed by atoms with Crippen LogP contribution in [0.5, 0.6) is 5.75 Å². The molecule has 1 aromatic rings. The Balaban J connectivity index is 2.11. The molecule has 0 atom stereocenters. The number of aliphatic hydroxyl groups is 1. The van der Waals surface area contributed by atoms with Crippen LogP contribution in [-0.2, 0) is 0 Å². The van der Waals surface area contributed by atoms with Gasteiger partial charge in [0.1, 0.15) is 0 Å². The number of nitro benzene ring substituents is 1. The number of benzene rings is 1. The highest BCUT2D eigenvalue weighted by molar-refractivity contribution is 5.59. The summed E-state index contributed by atoms with van der Waals surface area (Å²) in [6, 6.07) is 4.92. The zero-order valence-corrected chi connectivity index (χ0v) is 11.8. The normalized spacial score (nSPS) is 21.1. The molecule has 20 heavy (non-hydrogen) atoms. The van der Waals surface area contributed by atoms with Gasteiger partial charge in [-0.15, -0.1) is 0 Å². The van der Waals surface area contributed by atoms with Crippen molar-refractivity contribution in [3.8, 4) is 5.75 Å². The van der Waals surface area contributed by atoms with Crippen molar-refractivity contribution in [3.05, 3.63) is 28.3 Å². The van der Waals surface area contributed by atoms with E-state index in [-0.39, 0.29) is 11.8 Å². The molecule has 1 aliphatic carbocycles. The summed E-state index contributed by atoms with van der Waals surface area (Å²) in [7, 11) is 1.95. The summed E-state index contributed by atoms with van der Waals surface area (Å²) in [5, 5.41) is 20.2. The zero-order chi connectivity index (χ0) is 14.7. The van der Waals surface area contributed by atoms with Crippen molar-refractivity contribution in [3.63, 3.8) is 0 Å². The largest absolute Gasteiger partial charge is 0.487 e. The first-order chi connectivity index (χ1) is 9.51. The third-order valence-electron chi connectivity index (χ3n) is 3.62. The molecule has 1 saturated carbocycles. The van der Waals surface area contributed by atoms with Gasteiger partial charge in [0.25, 0.3) is 0 Å². The van der Waals surface area contributed by atoms with Crippen molar-refractivity contribution >= 4 is 11.4 Å². The smallest absolute Gasteiger partial charge is 0.311 e. The van der Waals surface area contributed by atoms with Crippen LogP contribution in [0.3, 0.4) is 0 Å². The molecule has 0 saturated heterocycles. The monoisotopic (exact) mass is 280 g/mol. The lowest BCUT2D eigenvalue weighted by atomic mass is 9.82. The maximum absolute atomic E-state index is 10.9. The van der Waals surface area contributed by atoms with Crippen LogP contribution in [-0.4, -0.2) is 36.3 Å². The minimum Gasteiger partial charge on any atom is -0.487 e. The van der Waals surface area contributed by atoms with Crippen molar-refractivity contribution in [1.29, 1.82) is 0 Å². The molecule has 0 unspecified atom stereocenters. The summed E-state index contributed by atoms with van der Waals surface area (Å²) >= 11 is 0. The van der Waals surface area contributed by atoms with Gasteiger partial charge in [0.15, 0.2) is 5.75 Å². The fourth-order valence-corrected chi connectivity index (χ4v) is 2.50. The van der Waals surface area contributed by atoms with E-state index < -0.39 is 4.92 Å². The topological polar surface area (TPSA) is 75.8 Å². The van der Waals surface area contributed by atoms with Crippen LogP contribution < -0.4 is 9.64 Å². The molecular weight excluding hydrogens is 260 g/mol. The molecule has 0 bridgehead atoms. The average molecular weight is 280 g/mol. The lowest BCUT2D eigenvalue weighted by molar-refractivity contribution is -0.385. The summed E-state index contributed by atoms with van der Waals surface area (Å²) in [6.07, 6.45) is 1.50. The maximum atomic E-state index is 10.9. The molecule has 1 fully saturated rings. The summed E-state index contributed by atoms with van der Waals surface area (Å²) in [5.74, 6) is 0.788. The number of ether oxygens (including phenoxy) is 1. The van der Waals surface area contributed by atoms with Gasteiger partial charge >= 0.3 is 5.69 Å². The second-order valence-corrected chi connectivity index (χ2v) is 5.21. The maximum Gasteiger partial charge on any atom is 0.311 e. The van der Waals surface area contributed by atoms with Crippen LogP contribution >= 0.6 is 0 Å². The first-order valence-electron chi connectivity index (χ1n) is 6.81. The molecule has 6 nitrogen and oxygen atoms in total. The van der Waals surface area contributed by atoms with Crippen LogP contribution in [0.2, 0.25) is 0 Å². The van der Waals surface area contributed by atoms with Crippen LogP contribution in [0.4, 0.5) is 11.4 Å². The molecule has 110 valence electrons. The van der Waals surface area contributed by atoms with Crippen LogP contribution in [0.15, 0.2) is 18.2 Å². The molecule has 0 aromatic heterocycles. The van der Waals surface area contributed by atoms with Crippen molar-refractivity contribution in [2.24, 2.45) is 5.92 Å². The number of hydrogen-bond acceptors (Lipinski definition) is 5. The Bertz CT molecular complexity index is 486.